The number of nitrogens with one attached hydrogen (secondary N) is 1. The maximum Gasteiger partial charge on any atom is 0.269 e. The van der Waals surface area contributed by atoms with Crippen molar-refractivity contribution >= 4 is 40.1 Å². The van der Waals surface area contributed by atoms with Crippen LogP contribution >= 0.6 is 0 Å². The summed E-state index contributed by atoms with van der Waals surface area (Å²) in [5, 5.41) is 14.4. The molecule has 1 saturated heterocycles. The molecule has 0 saturated carbocycles. The fourth-order valence-electron chi connectivity index (χ4n) is 7.53. The second kappa shape index (κ2) is 9.62. The van der Waals surface area contributed by atoms with Crippen LogP contribution in [0.1, 0.15) is 38.8 Å². The Kier molecular flexibility index (Phi) is 5.73. The number of non-ortho nitro benzene ring substituents is 1. The molecular formula is C35H25N3O7. The highest BCUT2D eigenvalue weighted by atomic mass is 16.7. The van der Waals surface area contributed by atoms with E-state index < -0.39 is 39.9 Å². The summed E-state index contributed by atoms with van der Waals surface area (Å²) in [6.07, 6.45) is 1.98. The Morgan fingerprint density at radius 1 is 0.911 bits per heavy atom. The number of fused-ring (bicyclic) bond motifs is 7. The van der Waals surface area contributed by atoms with Crippen molar-refractivity contribution in [2.24, 2.45) is 5.92 Å². The summed E-state index contributed by atoms with van der Waals surface area (Å²) >= 11 is 0. The normalized spacial score (nSPS) is 23.6. The number of hydrogen-bond acceptors (Lipinski definition) is 8. The molecule has 0 aliphatic carbocycles. The van der Waals surface area contributed by atoms with Gasteiger partial charge in [0.05, 0.1) is 16.9 Å². The van der Waals surface area contributed by atoms with Gasteiger partial charge in [-0.1, -0.05) is 42.5 Å². The summed E-state index contributed by atoms with van der Waals surface area (Å²) in [6, 6.07) is 23.3. The van der Waals surface area contributed by atoms with Crippen molar-refractivity contribution in [3.8, 4) is 11.5 Å². The molecule has 1 spiro atoms. The maximum absolute atomic E-state index is 15.0. The van der Waals surface area contributed by atoms with Crippen LogP contribution < -0.4 is 19.7 Å². The van der Waals surface area contributed by atoms with Gasteiger partial charge in [-0.15, -0.1) is 0 Å². The van der Waals surface area contributed by atoms with E-state index in [4.69, 9.17) is 9.47 Å². The molecule has 45 heavy (non-hydrogen) atoms. The lowest BCUT2D eigenvalue weighted by atomic mass is 9.64. The number of benzene rings is 4. The Balaban J connectivity index is 1.40. The molecule has 8 rings (SSSR count). The number of carbonyl (C=O) groups excluding carboxylic acids is 3. The molecule has 1 N–H and O–H groups in total. The van der Waals surface area contributed by atoms with Gasteiger partial charge in [0.25, 0.3) is 5.69 Å². The van der Waals surface area contributed by atoms with Crippen molar-refractivity contribution in [1.29, 1.82) is 0 Å². The Morgan fingerprint density at radius 3 is 2.42 bits per heavy atom. The van der Waals surface area contributed by atoms with Crippen LogP contribution in [0.3, 0.4) is 0 Å². The van der Waals surface area contributed by atoms with Crippen LogP contribution in [0.4, 0.5) is 17.1 Å². The molecule has 4 aliphatic heterocycles. The Bertz CT molecular complexity index is 2000. The first kappa shape index (κ1) is 26.8. The highest BCUT2D eigenvalue weighted by Crippen LogP contribution is 2.59. The predicted molar refractivity (Wildman–Crippen MR) is 165 cm³/mol. The van der Waals surface area contributed by atoms with E-state index in [1.54, 1.807) is 24.3 Å². The van der Waals surface area contributed by atoms with Gasteiger partial charge in [-0.2, -0.15) is 0 Å². The number of hydrogen-bond donors (Lipinski definition) is 1. The lowest BCUT2D eigenvalue weighted by Crippen LogP contribution is -2.51. The largest absolute Gasteiger partial charge is 0.454 e. The van der Waals surface area contributed by atoms with Crippen LogP contribution in [-0.2, 0) is 10.2 Å². The van der Waals surface area contributed by atoms with Crippen LogP contribution in [0.2, 0.25) is 0 Å². The Labute approximate surface area is 257 Å². The van der Waals surface area contributed by atoms with E-state index >= 15 is 4.79 Å². The van der Waals surface area contributed by atoms with Gasteiger partial charge in [-0.05, 0) is 60.5 Å². The quantitative estimate of drug-likeness (QED) is 0.179. The number of allylic oxidation sites excluding steroid dienone is 1. The molecule has 1 amide bonds. The molecule has 4 aliphatic rings. The lowest BCUT2D eigenvalue weighted by Gasteiger charge is -2.39. The third-order valence-corrected chi connectivity index (χ3v) is 9.45. The molecule has 10 heteroatoms. The molecule has 10 nitrogen and oxygen atoms in total. The summed E-state index contributed by atoms with van der Waals surface area (Å²) in [5.74, 6) is -1.49. The second-order valence-electron chi connectivity index (χ2n) is 11.6. The van der Waals surface area contributed by atoms with Crippen LogP contribution in [0.25, 0.3) is 5.57 Å². The third kappa shape index (κ3) is 3.65. The average molecular weight is 600 g/mol. The minimum atomic E-state index is -1.49. The number of para-hydroxylation sites is 2. The van der Waals surface area contributed by atoms with Crippen LogP contribution in [0.15, 0.2) is 97.1 Å². The molecule has 1 fully saturated rings. The van der Waals surface area contributed by atoms with E-state index in [0.717, 1.165) is 16.8 Å². The SMILES string of the molecule is CC1=C[C@@H]2N(c3ccccc31)[C@H](C(=O)c1ccc([N+](=O)[O-])cc1)[C@@H](C(=O)c1ccc3c(c1)OCO3)[C@@]21C(=O)Nc2ccccc21. The zero-order valence-electron chi connectivity index (χ0n) is 23.9. The number of Topliss-reactive ketones (excluding diaryl/α,β-unsaturated/α-hetero) is 2. The van der Waals surface area contributed by atoms with Crippen LogP contribution in [-0.4, -0.2) is 41.3 Å². The van der Waals surface area contributed by atoms with Gasteiger partial charge in [-0.3, -0.25) is 24.5 Å². The molecule has 4 atom stereocenters. The fraction of sp³-hybridized carbons (Fsp3) is 0.171. The first-order valence-electron chi connectivity index (χ1n) is 14.5. The molecular weight excluding hydrogens is 574 g/mol. The lowest BCUT2D eigenvalue weighted by molar-refractivity contribution is -0.384. The number of rotatable bonds is 5. The van der Waals surface area contributed by atoms with Crippen LogP contribution in [0, 0.1) is 16.0 Å². The topological polar surface area (TPSA) is 128 Å². The summed E-state index contributed by atoms with van der Waals surface area (Å²) in [7, 11) is 0. The van der Waals surface area contributed by atoms with Crippen molar-refractivity contribution in [3.05, 3.63) is 129 Å². The zero-order valence-corrected chi connectivity index (χ0v) is 23.9. The molecule has 0 radical (unpaired) electrons. The molecule has 4 heterocycles. The van der Waals surface area contributed by atoms with Gasteiger partial charge in [0.2, 0.25) is 12.7 Å². The number of ketones is 2. The molecule has 4 aromatic carbocycles. The molecule has 222 valence electrons. The van der Waals surface area contributed by atoms with Crippen molar-refractivity contribution < 1.29 is 28.8 Å². The van der Waals surface area contributed by atoms with E-state index in [0.29, 0.717) is 22.7 Å². The first-order valence-corrected chi connectivity index (χ1v) is 14.5. The monoisotopic (exact) mass is 599 g/mol. The first-order chi connectivity index (χ1) is 21.8. The second-order valence-corrected chi connectivity index (χ2v) is 11.6. The highest BCUT2D eigenvalue weighted by molar-refractivity contribution is 6.18. The third-order valence-electron chi connectivity index (χ3n) is 9.45. The van der Waals surface area contributed by atoms with Crippen LogP contribution in [0.5, 0.6) is 11.5 Å². The number of ether oxygens (including phenoxy) is 2. The Hall–Kier alpha value is -5.77. The highest BCUT2D eigenvalue weighted by Gasteiger charge is 2.70. The van der Waals surface area contributed by atoms with Crippen molar-refractivity contribution in [2.45, 2.75) is 24.4 Å². The van der Waals surface area contributed by atoms with E-state index in [-0.39, 0.29) is 29.5 Å². The van der Waals surface area contributed by atoms with Gasteiger partial charge in [-0.25, -0.2) is 0 Å². The fourth-order valence-corrected chi connectivity index (χ4v) is 7.53. The van der Waals surface area contributed by atoms with Crippen molar-refractivity contribution in [3.63, 3.8) is 0 Å². The minimum absolute atomic E-state index is 0.0219. The van der Waals surface area contributed by atoms with E-state index in [2.05, 4.69) is 5.32 Å². The number of nitro benzene ring substituents is 1. The van der Waals surface area contributed by atoms with Gasteiger partial charge in [0, 0.05) is 40.2 Å². The minimum Gasteiger partial charge on any atom is -0.454 e. The van der Waals surface area contributed by atoms with Gasteiger partial charge >= 0.3 is 0 Å². The summed E-state index contributed by atoms with van der Waals surface area (Å²) < 4.78 is 11.1. The zero-order chi connectivity index (χ0) is 31.0. The summed E-state index contributed by atoms with van der Waals surface area (Å²) in [5.41, 5.74) is 2.56. The molecule has 0 aromatic heterocycles. The standard InChI is InChI=1S/C35H25N3O7/c1-19-16-29-35(24-7-3-4-8-25(24)36-34(35)41)30(32(39)21-12-15-27-28(17-21)45-18-44-27)31(37(29)26-9-5-2-6-23(19)26)33(40)20-10-13-22(14-11-20)38(42)43/h2-17,29-31H,18H2,1H3,(H,36,41)/t29-,30-,31-,35-/m0/s1. The van der Waals surface area contributed by atoms with Gasteiger partial charge < -0.3 is 19.7 Å². The van der Waals surface area contributed by atoms with E-state index in [1.807, 2.05) is 60.4 Å². The summed E-state index contributed by atoms with van der Waals surface area (Å²) in [4.78, 5) is 57.1. The van der Waals surface area contributed by atoms with Crippen molar-refractivity contribution in [2.75, 3.05) is 17.0 Å². The van der Waals surface area contributed by atoms with E-state index in [9.17, 15) is 19.7 Å². The maximum atomic E-state index is 15.0. The molecule has 0 bridgehead atoms. The number of nitrogens with zero attached hydrogens (tertiary/aromatic N) is 2. The average Bonchev–Trinajstić information content (AvgIpc) is 3.73. The van der Waals surface area contributed by atoms with Gasteiger partial charge in [0.15, 0.2) is 23.1 Å². The number of carbonyl (C=O) groups is 3. The van der Waals surface area contributed by atoms with Crippen molar-refractivity contribution in [1.82, 2.24) is 0 Å². The predicted octanol–water partition coefficient (Wildman–Crippen LogP) is 5.57. The molecule has 4 aromatic rings. The Morgan fingerprint density at radius 2 is 1.62 bits per heavy atom. The number of anilines is 2. The number of amides is 1. The number of nitro groups is 1. The van der Waals surface area contributed by atoms with E-state index in [1.165, 1.54) is 24.3 Å². The van der Waals surface area contributed by atoms with Gasteiger partial charge in [0.1, 0.15) is 11.5 Å². The smallest absolute Gasteiger partial charge is 0.269 e. The summed E-state index contributed by atoms with van der Waals surface area (Å²) in [6.45, 7) is 1.98. The molecule has 0 unspecified atom stereocenters.